The first-order valence-electron chi connectivity index (χ1n) is 10.4. The smallest absolute Gasteiger partial charge is 0.251 e. The summed E-state index contributed by atoms with van der Waals surface area (Å²) in [5.74, 6) is 1.54. The fourth-order valence-corrected chi connectivity index (χ4v) is 3.81. The number of imidazole rings is 1. The topological polar surface area (TPSA) is 87.3 Å². The number of likely N-dealkylation sites (tertiary alicyclic amines) is 1. The summed E-state index contributed by atoms with van der Waals surface area (Å²) in [4.78, 5) is 34.4. The molecule has 0 bridgehead atoms. The molecule has 3 aromatic rings. The molecule has 7 nitrogen and oxygen atoms in total. The number of hydrogen-bond donors (Lipinski definition) is 2. The van der Waals surface area contributed by atoms with Crippen molar-refractivity contribution < 1.29 is 14.3 Å². The minimum absolute atomic E-state index is 0.0310. The zero-order valence-electron chi connectivity index (χ0n) is 17.5. The zero-order valence-corrected chi connectivity index (χ0v) is 17.5. The summed E-state index contributed by atoms with van der Waals surface area (Å²) in [6.45, 7) is 1.16. The molecule has 2 heterocycles. The number of carbonyl (C=O) groups excluding carboxylic acids is 2. The maximum atomic E-state index is 12.7. The van der Waals surface area contributed by atoms with Crippen molar-refractivity contribution in [3.8, 4) is 17.1 Å². The molecule has 0 aliphatic carbocycles. The average molecular weight is 418 g/mol. The number of aromatic nitrogens is 2. The maximum Gasteiger partial charge on any atom is 0.251 e. The van der Waals surface area contributed by atoms with E-state index in [4.69, 9.17) is 4.74 Å². The highest BCUT2D eigenvalue weighted by Gasteiger charge is 2.24. The predicted octanol–water partition coefficient (Wildman–Crippen LogP) is 3.40. The van der Waals surface area contributed by atoms with Gasteiger partial charge in [-0.1, -0.05) is 24.3 Å². The van der Waals surface area contributed by atoms with E-state index in [9.17, 15) is 9.59 Å². The zero-order chi connectivity index (χ0) is 21.6. The number of nitrogens with one attached hydrogen (secondary N) is 2. The van der Waals surface area contributed by atoms with E-state index in [0.717, 1.165) is 29.1 Å². The Balaban J connectivity index is 1.34. The summed E-state index contributed by atoms with van der Waals surface area (Å²) in [5.41, 5.74) is 2.56. The molecule has 1 unspecified atom stereocenters. The molecule has 1 saturated heterocycles. The van der Waals surface area contributed by atoms with Gasteiger partial charge >= 0.3 is 0 Å². The van der Waals surface area contributed by atoms with Crippen LogP contribution in [-0.4, -0.2) is 46.4 Å². The molecule has 0 saturated carbocycles. The van der Waals surface area contributed by atoms with Crippen molar-refractivity contribution in [1.29, 1.82) is 0 Å². The Morgan fingerprint density at radius 1 is 1.23 bits per heavy atom. The highest BCUT2D eigenvalue weighted by atomic mass is 16.5. The Kier molecular flexibility index (Phi) is 6.31. The molecular formula is C24H26N4O3. The van der Waals surface area contributed by atoms with Gasteiger partial charge in [-0.3, -0.25) is 9.59 Å². The Morgan fingerprint density at radius 3 is 2.81 bits per heavy atom. The second-order valence-electron chi connectivity index (χ2n) is 7.68. The van der Waals surface area contributed by atoms with Crippen molar-refractivity contribution in [2.24, 2.45) is 0 Å². The van der Waals surface area contributed by atoms with Gasteiger partial charge in [-0.25, -0.2) is 4.98 Å². The highest BCUT2D eigenvalue weighted by molar-refractivity contribution is 5.94. The van der Waals surface area contributed by atoms with Gasteiger partial charge in [-0.2, -0.15) is 0 Å². The number of methoxy groups -OCH3 is 1. The van der Waals surface area contributed by atoms with Gasteiger partial charge in [0.1, 0.15) is 11.6 Å². The van der Waals surface area contributed by atoms with Crippen molar-refractivity contribution in [1.82, 2.24) is 20.2 Å². The van der Waals surface area contributed by atoms with Crippen LogP contribution in [0, 0.1) is 0 Å². The Hall–Kier alpha value is -3.61. The van der Waals surface area contributed by atoms with Crippen molar-refractivity contribution in [3.05, 3.63) is 72.1 Å². The van der Waals surface area contributed by atoms with Crippen LogP contribution in [0.15, 0.2) is 60.9 Å². The summed E-state index contributed by atoms with van der Waals surface area (Å²) in [7, 11) is 1.63. The lowest BCUT2D eigenvalue weighted by Crippen LogP contribution is -2.35. The van der Waals surface area contributed by atoms with Gasteiger partial charge in [0.2, 0.25) is 5.91 Å². The third-order valence-electron chi connectivity index (χ3n) is 5.57. The third kappa shape index (κ3) is 5.12. The van der Waals surface area contributed by atoms with Gasteiger partial charge in [0.15, 0.2) is 0 Å². The molecule has 2 N–H and O–H groups in total. The van der Waals surface area contributed by atoms with Crippen LogP contribution in [-0.2, 0) is 11.3 Å². The summed E-state index contributed by atoms with van der Waals surface area (Å²) in [6.07, 6.45) is 5.25. The van der Waals surface area contributed by atoms with Gasteiger partial charge in [-0.15, -0.1) is 0 Å². The van der Waals surface area contributed by atoms with Crippen LogP contribution >= 0.6 is 0 Å². The van der Waals surface area contributed by atoms with E-state index in [1.807, 2.05) is 41.3 Å². The van der Waals surface area contributed by atoms with Crippen LogP contribution in [0.2, 0.25) is 0 Å². The molecule has 1 aromatic heterocycles. The minimum Gasteiger partial charge on any atom is -0.497 e. The molecule has 1 aliphatic heterocycles. The highest BCUT2D eigenvalue weighted by Crippen LogP contribution is 2.19. The molecule has 160 valence electrons. The fraction of sp³-hybridized carbons (Fsp3) is 0.292. The molecule has 31 heavy (non-hydrogen) atoms. The van der Waals surface area contributed by atoms with Gasteiger partial charge in [-0.05, 0) is 42.7 Å². The van der Waals surface area contributed by atoms with Gasteiger partial charge < -0.3 is 19.9 Å². The molecular weight excluding hydrogens is 392 g/mol. The lowest BCUT2D eigenvalue weighted by atomic mass is 10.1. The van der Waals surface area contributed by atoms with Crippen molar-refractivity contribution in [2.45, 2.75) is 31.8 Å². The fourth-order valence-electron chi connectivity index (χ4n) is 3.81. The normalized spacial score (nSPS) is 16.6. The van der Waals surface area contributed by atoms with Crippen LogP contribution in [0.4, 0.5) is 0 Å². The van der Waals surface area contributed by atoms with Crippen molar-refractivity contribution in [3.63, 3.8) is 0 Å². The molecule has 0 spiro atoms. The van der Waals surface area contributed by atoms with E-state index < -0.39 is 0 Å². The number of rotatable bonds is 6. The summed E-state index contributed by atoms with van der Waals surface area (Å²) >= 11 is 0. The standard InChI is InChI=1S/C24H26N4O3/c1-31-21-4-2-3-17(15-21)16-28-14-11-20(9-10-22(28)29)27-24(30)19-7-5-18(6-8-19)23-25-12-13-26-23/h2-8,12-13,15,20H,9-11,14,16H2,1H3,(H,25,26)(H,27,30). The Labute approximate surface area is 181 Å². The summed E-state index contributed by atoms with van der Waals surface area (Å²) in [5, 5.41) is 3.09. The average Bonchev–Trinajstić information content (AvgIpc) is 3.29. The number of carbonyl (C=O) groups is 2. The molecule has 1 atom stereocenters. The number of nitrogens with zero attached hydrogens (tertiary/aromatic N) is 2. The van der Waals surface area contributed by atoms with Crippen LogP contribution in [0.1, 0.15) is 35.2 Å². The van der Waals surface area contributed by atoms with Crippen LogP contribution < -0.4 is 10.1 Å². The SMILES string of the molecule is COc1cccc(CN2CCC(NC(=O)c3ccc(-c4ncc[nH]4)cc3)CCC2=O)c1. The van der Waals surface area contributed by atoms with Gasteiger partial charge in [0, 0.05) is 49.1 Å². The van der Waals surface area contributed by atoms with E-state index in [-0.39, 0.29) is 17.9 Å². The van der Waals surface area contributed by atoms with E-state index in [1.54, 1.807) is 31.6 Å². The van der Waals surface area contributed by atoms with Crippen molar-refractivity contribution >= 4 is 11.8 Å². The van der Waals surface area contributed by atoms with E-state index in [2.05, 4.69) is 15.3 Å². The number of hydrogen-bond acceptors (Lipinski definition) is 4. The second-order valence-corrected chi connectivity index (χ2v) is 7.68. The van der Waals surface area contributed by atoms with Crippen LogP contribution in [0.3, 0.4) is 0 Å². The molecule has 2 aromatic carbocycles. The Morgan fingerprint density at radius 2 is 2.06 bits per heavy atom. The van der Waals surface area contributed by atoms with Crippen molar-refractivity contribution in [2.75, 3.05) is 13.7 Å². The van der Waals surface area contributed by atoms with E-state index in [1.165, 1.54) is 0 Å². The molecule has 2 amide bonds. The van der Waals surface area contributed by atoms with E-state index >= 15 is 0 Å². The second kappa shape index (κ2) is 9.47. The molecule has 7 heteroatoms. The van der Waals surface area contributed by atoms with Crippen LogP contribution in [0.25, 0.3) is 11.4 Å². The first-order chi connectivity index (χ1) is 15.1. The minimum atomic E-state index is -0.121. The number of ether oxygens (including phenoxy) is 1. The number of H-pyrrole nitrogens is 1. The first-order valence-corrected chi connectivity index (χ1v) is 10.4. The molecule has 1 fully saturated rings. The summed E-state index contributed by atoms with van der Waals surface area (Å²) in [6, 6.07) is 15.1. The number of aromatic amines is 1. The summed E-state index contributed by atoms with van der Waals surface area (Å²) < 4.78 is 5.27. The Bertz CT molecular complexity index is 1030. The maximum absolute atomic E-state index is 12.7. The molecule has 4 rings (SSSR count). The number of benzene rings is 2. The molecule has 1 aliphatic rings. The lowest BCUT2D eigenvalue weighted by molar-refractivity contribution is -0.131. The predicted molar refractivity (Wildman–Crippen MR) is 118 cm³/mol. The van der Waals surface area contributed by atoms with Crippen LogP contribution in [0.5, 0.6) is 5.75 Å². The van der Waals surface area contributed by atoms with Gasteiger partial charge in [0.05, 0.1) is 7.11 Å². The largest absolute Gasteiger partial charge is 0.497 e. The number of amides is 2. The first kappa shape index (κ1) is 20.7. The third-order valence-corrected chi connectivity index (χ3v) is 5.57. The van der Waals surface area contributed by atoms with E-state index in [0.29, 0.717) is 31.5 Å². The monoisotopic (exact) mass is 418 g/mol. The van der Waals surface area contributed by atoms with Gasteiger partial charge in [0.25, 0.3) is 5.91 Å². The lowest BCUT2D eigenvalue weighted by Gasteiger charge is -2.21. The quantitative estimate of drug-likeness (QED) is 0.642. The molecule has 0 radical (unpaired) electrons.